The van der Waals surface area contributed by atoms with E-state index in [1.54, 1.807) is 4.68 Å². The van der Waals surface area contributed by atoms with Gasteiger partial charge in [0.1, 0.15) is 0 Å². The number of carboxylic acid groups (broad SMARTS) is 1. The number of carbonyl (C=O) groups is 1. The Bertz CT molecular complexity index is 413. The third kappa shape index (κ3) is 4.02. The number of carboxylic acids is 1. The average molecular weight is 266 g/mol. The minimum Gasteiger partial charge on any atom is -0.476 e. The zero-order chi connectivity index (χ0) is 13.7. The molecular formula is C13H22N4O2. The number of hydrogen-bond donors (Lipinski definition) is 2. The van der Waals surface area contributed by atoms with E-state index in [1.165, 1.54) is 38.3 Å². The van der Waals surface area contributed by atoms with E-state index >= 15 is 0 Å². The van der Waals surface area contributed by atoms with Crippen molar-refractivity contribution in [1.82, 2.24) is 20.3 Å². The van der Waals surface area contributed by atoms with Crippen LogP contribution >= 0.6 is 0 Å². The standard InChI is InChI=1S/C13H22N4O2/c1-10(11-5-3-2-4-6-11)14-7-8-17-9-12(13(18)19)15-16-17/h9-11,14H,2-8H2,1H3,(H,18,19). The fourth-order valence-electron chi connectivity index (χ4n) is 2.71. The first kappa shape index (κ1) is 14.0. The van der Waals surface area contributed by atoms with Gasteiger partial charge < -0.3 is 10.4 Å². The Morgan fingerprint density at radius 3 is 2.89 bits per heavy atom. The van der Waals surface area contributed by atoms with Crippen molar-refractivity contribution < 1.29 is 9.90 Å². The molecule has 0 radical (unpaired) electrons. The van der Waals surface area contributed by atoms with Gasteiger partial charge in [0.2, 0.25) is 0 Å². The highest BCUT2D eigenvalue weighted by molar-refractivity contribution is 5.84. The van der Waals surface area contributed by atoms with Crippen molar-refractivity contribution in [3.05, 3.63) is 11.9 Å². The summed E-state index contributed by atoms with van der Waals surface area (Å²) in [4.78, 5) is 10.7. The zero-order valence-corrected chi connectivity index (χ0v) is 11.4. The minimum absolute atomic E-state index is 0.000305. The zero-order valence-electron chi connectivity index (χ0n) is 11.4. The molecule has 6 nitrogen and oxygen atoms in total. The van der Waals surface area contributed by atoms with Gasteiger partial charge in [-0.3, -0.25) is 4.68 Å². The SMILES string of the molecule is CC(NCCn1cc(C(=O)O)nn1)C1CCCCC1. The van der Waals surface area contributed by atoms with Crippen molar-refractivity contribution in [3.63, 3.8) is 0 Å². The molecule has 1 aromatic rings. The van der Waals surface area contributed by atoms with Crippen molar-refractivity contribution in [1.29, 1.82) is 0 Å². The molecule has 106 valence electrons. The van der Waals surface area contributed by atoms with Gasteiger partial charge in [-0.15, -0.1) is 5.10 Å². The normalized spacial score (nSPS) is 18.4. The lowest BCUT2D eigenvalue weighted by Gasteiger charge is -2.28. The molecule has 0 aromatic carbocycles. The van der Waals surface area contributed by atoms with Crippen LogP contribution in [0.2, 0.25) is 0 Å². The molecule has 1 fully saturated rings. The first-order chi connectivity index (χ1) is 9.16. The Morgan fingerprint density at radius 2 is 2.26 bits per heavy atom. The van der Waals surface area contributed by atoms with Gasteiger partial charge in [-0.25, -0.2) is 4.79 Å². The van der Waals surface area contributed by atoms with Gasteiger partial charge in [-0.1, -0.05) is 24.5 Å². The fourth-order valence-corrected chi connectivity index (χ4v) is 2.71. The summed E-state index contributed by atoms with van der Waals surface area (Å²) in [5, 5.41) is 19.6. The second-order valence-corrected chi connectivity index (χ2v) is 5.31. The lowest BCUT2D eigenvalue weighted by Crippen LogP contribution is -2.36. The third-order valence-electron chi connectivity index (χ3n) is 3.92. The summed E-state index contributed by atoms with van der Waals surface area (Å²) in [6, 6.07) is 0.516. The number of hydrogen-bond acceptors (Lipinski definition) is 4. The smallest absolute Gasteiger partial charge is 0.358 e. The Hall–Kier alpha value is -1.43. The molecule has 0 saturated heterocycles. The third-order valence-corrected chi connectivity index (χ3v) is 3.92. The second-order valence-electron chi connectivity index (χ2n) is 5.31. The molecule has 1 unspecified atom stereocenters. The number of nitrogens with one attached hydrogen (secondary N) is 1. The van der Waals surface area contributed by atoms with Crippen molar-refractivity contribution in [3.8, 4) is 0 Å². The predicted octanol–water partition coefficient (Wildman–Crippen LogP) is 1.53. The van der Waals surface area contributed by atoms with Crippen molar-refractivity contribution in [2.45, 2.75) is 51.6 Å². The monoisotopic (exact) mass is 266 g/mol. The Morgan fingerprint density at radius 1 is 1.53 bits per heavy atom. The second kappa shape index (κ2) is 6.65. The van der Waals surface area contributed by atoms with Crippen LogP contribution in [0.25, 0.3) is 0 Å². The molecule has 0 amide bonds. The molecule has 1 atom stereocenters. The molecule has 6 heteroatoms. The Balaban J connectivity index is 1.71. The van der Waals surface area contributed by atoms with Gasteiger partial charge in [0.15, 0.2) is 5.69 Å². The van der Waals surface area contributed by atoms with Crippen LogP contribution in [0.4, 0.5) is 0 Å². The van der Waals surface area contributed by atoms with Gasteiger partial charge in [0.25, 0.3) is 0 Å². The summed E-state index contributed by atoms with van der Waals surface area (Å²) in [6.07, 6.45) is 8.18. The van der Waals surface area contributed by atoms with E-state index < -0.39 is 5.97 Å². The Labute approximate surface area is 113 Å². The number of aromatic carboxylic acids is 1. The highest BCUT2D eigenvalue weighted by Gasteiger charge is 2.19. The summed E-state index contributed by atoms with van der Waals surface area (Å²) in [6.45, 7) is 3.68. The summed E-state index contributed by atoms with van der Waals surface area (Å²) in [5.41, 5.74) is 0.000305. The quantitative estimate of drug-likeness (QED) is 0.816. The maximum Gasteiger partial charge on any atom is 0.358 e. The molecule has 0 aliphatic heterocycles. The lowest BCUT2D eigenvalue weighted by atomic mass is 9.84. The van der Waals surface area contributed by atoms with Gasteiger partial charge in [-0.05, 0) is 25.7 Å². The molecule has 0 bridgehead atoms. The predicted molar refractivity (Wildman–Crippen MR) is 71.0 cm³/mol. The summed E-state index contributed by atoms with van der Waals surface area (Å²) < 4.78 is 1.57. The lowest BCUT2D eigenvalue weighted by molar-refractivity contribution is 0.0690. The number of nitrogens with zero attached hydrogens (tertiary/aromatic N) is 3. The van der Waals surface area contributed by atoms with Crippen LogP contribution in [0.15, 0.2) is 6.20 Å². The number of rotatable bonds is 6. The van der Waals surface area contributed by atoms with Gasteiger partial charge in [0.05, 0.1) is 12.7 Å². The molecule has 1 aliphatic carbocycles. The molecule has 1 heterocycles. The van der Waals surface area contributed by atoms with E-state index in [0.717, 1.165) is 12.5 Å². The molecule has 2 N–H and O–H groups in total. The van der Waals surface area contributed by atoms with Gasteiger partial charge in [-0.2, -0.15) is 0 Å². The molecule has 1 aliphatic rings. The van der Waals surface area contributed by atoms with E-state index in [4.69, 9.17) is 5.11 Å². The Kier molecular flexibility index (Phi) is 4.90. The van der Waals surface area contributed by atoms with Crippen LogP contribution in [0, 0.1) is 5.92 Å². The minimum atomic E-state index is -1.03. The van der Waals surface area contributed by atoms with Crippen molar-refractivity contribution in [2.75, 3.05) is 6.54 Å². The van der Waals surface area contributed by atoms with Gasteiger partial charge in [0, 0.05) is 12.6 Å². The molecule has 1 aromatic heterocycles. The maximum absolute atomic E-state index is 10.7. The molecular weight excluding hydrogens is 244 g/mol. The highest BCUT2D eigenvalue weighted by Crippen LogP contribution is 2.26. The highest BCUT2D eigenvalue weighted by atomic mass is 16.4. The van der Waals surface area contributed by atoms with E-state index in [-0.39, 0.29) is 5.69 Å². The summed E-state index contributed by atoms with van der Waals surface area (Å²) >= 11 is 0. The molecule has 0 spiro atoms. The molecule has 2 rings (SSSR count). The van der Waals surface area contributed by atoms with Crippen LogP contribution < -0.4 is 5.32 Å². The topological polar surface area (TPSA) is 80.0 Å². The van der Waals surface area contributed by atoms with Crippen LogP contribution in [-0.4, -0.2) is 38.7 Å². The van der Waals surface area contributed by atoms with E-state index in [9.17, 15) is 4.79 Å². The molecule has 1 saturated carbocycles. The molecule has 19 heavy (non-hydrogen) atoms. The van der Waals surface area contributed by atoms with Gasteiger partial charge >= 0.3 is 5.97 Å². The summed E-state index contributed by atoms with van der Waals surface area (Å²) in [5.74, 6) is -0.256. The van der Waals surface area contributed by atoms with Crippen molar-refractivity contribution in [2.24, 2.45) is 5.92 Å². The van der Waals surface area contributed by atoms with E-state index in [1.807, 2.05) is 0 Å². The maximum atomic E-state index is 10.7. The van der Waals surface area contributed by atoms with E-state index in [0.29, 0.717) is 12.6 Å². The van der Waals surface area contributed by atoms with E-state index in [2.05, 4.69) is 22.6 Å². The summed E-state index contributed by atoms with van der Waals surface area (Å²) in [7, 11) is 0. The van der Waals surface area contributed by atoms with Crippen LogP contribution in [0.1, 0.15) is 49.5 Å². The van der Waals surface area contributed by atoms with Crippen LogP contribution in [-0.2, 0) is 6.54 Å². The average Bonchev–Trinajstić information content (AvgIpc) is 2.89. The largest absolute Gasteiger partial charge is 0.476 e. The number of aromatic nitrogens is 3. The first-order valence-electron chi connectivity index (χ1n) is 7.03. The first-order valence-corrected chi connectivity index (χ1v) is 7.03. The van der Waals surface area contributed by atoms with Crippen LogP contribution in [0.5, 0.6) is 0 Å². The fraction of sp³-hybridized carbons (Fsp3) is 0.769. The van der Waals surface area contributed by atoms with Crippen LogP contribution in [0.3, 0.4) is 0 Å². The van der Waals surface area contributed by atoms with Crippen molar-refractivity contribution >= 4 is 5.97 Å².